The molecule has 4 rings (SSSR count). The summed E-state index contributed by atoms with van der Waals surface area (Å²) in [7, 11) is 0. The first kappa shape index (κ1) is 18.4. The van der Waals surface area contributed by atoms with E-state index in [1.807, 2.05) is 36.4 Å². The number of allylic oxidation sites excluding steroid dienone is 1. The van der Waals surface area contributed by atoms with Crippen LogP contribution in [0.15, 0.2) is 65.9 Å². The van der Waals surface area contributed by atoms with E-state index in [4.69, 9.17) is 14.9 Å². The summed E-state index contributed by atoms with van der Waals surface area (Å²) in [6.45, 7) is 1.50. The van der Waals surface area contributed by atoms with Gasteiger partial charge in [0.25, 0.3) is 0 Å². The van der Waals surface area contributed by atoms with Gasteiger partial charge in [0.05, 0.1) is 11.6 Å². The van der Waals surface area contributed by atoms with Crippen LogP contribution in [0.1, 0.15) is 18.1 Å². The zero-order valence-electron chi connectivity index (χ0n) is 15.6. The molecule has 0 saturated heterocycles. The molecule has 0 fully saturated rings. The Hall–Kier alpha value is -3.92. The second-order valence-electron chi connectivity index (χ2n) is 6.83. The van der Waals surface area contributed by atoms with Crippen LogP contribution in [0.5, 0.6) is 0 Å². The Kier molecular flexibility index (Phi) is 4.40. The predicted molar refractivity (Wildman–Crippen MR) is 104 cm³/mol. The van der Waals surface area contributed by atoms with Gasteiger partial charge in [-0.2, -0.15) is 5.26 Å². The van der Waals surface area contributed by atoms with E-state index < -0.39 is 23.2 Å². The fourth-order valence-electron chi connectivity index (χ4n) is 3.96. The summed E-state index contributed by atoms with van der Waals surface area (Å²) in [6.07, 6.45) is 0. The number of rotatable bonds is 3. The van der Waals surface area contributed by atoms with Crippen LogP contribution in [0.25, 0.3) is 0 Å². The van der Waals surface area contributed by atoms with Gasteiger partial charge >= 0.3 is 5.97 Å². The van der Waals surface area contributed by atoms with Crippen LogP contribution < -0.4 is 5.32 Å². The SMILES string of the molecule is CC1=C(C(=O)OCc2ccccc2)C2(C(=O)Nc3ccccc32)C(C#N)C(=N)O1. The van der Waals surface area contributed by atoms with Crippen molar-refractivity contribution in [2.24, 2.45) is 5.92 Å². The van der Waals surface area contributed by atoms with E-state index in [0.717, 1.165) is 5.56 Å². The number of hydrogen-bond acceptors (Lipinski definition) is 6. The van der Waals surface area contributed by atoms with Gasteiger partial charge in [-0.15, -0.1) is 0 Å². The van der Waals surface area contributed by atoms with Crippen LogP contribution in [0.4, 0.5) is 5.69 Å². The molecule has 7 heteroatoms. The Balaban J connectivity index is 1.83. The first-order chi connectivity index (χ1) is 14.0. The molecule has 2 aromatic rings. The minimum absolute atomic E-state index is 0.00443. The van der Waals surface area contributed by atoms with Crippen LogP contribution in [0, 0.1) is 22.7 Å². The molecule has 0 aromatic heterocycles. The minimum atomic E-state index is -1.70. The first-order valence-corrected chi connectivity index (χ1v) is 8.99. The molecule has 7 nitrogen and oxygen atoms in total. The quantitative estimate of drug-likeness (QED) is 0.786. The fourth-order valence-corrected chi connectivity index (χ4v) is 3.96. The lowest BCUT2D eigenvalue weighted by atomic mass is 9.64. The van der Waals surface area contributed by atoms with Gasteiger partial charge in [-0.25, -0.2) is 4.79 Å². The van der Waals surface area contributed by atoms with E-state index in [2.05, 4.69) is 5.32 Å². The summed E-state index contributed by atoms with van der Waals surface area (Å²) in [5, 5.41) is 20.7. The maximum Gasteiger partial charge on any atom is 0.339 e. The molecule has 29 heavy (non-hydrogen) atoms. The highest BCUT2D eigenvalue weighted by Gasteiger charge is 2.62. The molecule has 2 aliphatic rings. The maximum absolute atomic E-state index is 13.2. The number of amides is 1. The number of carbonyl (C=O) groups excluding carboxylic acids is 2. The molecule has 0 aliphatic carbocycles. The van der Waals surface area contributed by atoms with Gasteiger partial charge in [0.15, 0.2) is 0 Å². The number of nitriles is 1. The lowest BCUT2D eigenvalue weighted by Gasteiger charge is -2.37. The summed E-state index contributed by atoms with van der Waals surface area (Å²) in [5.41, 5.74) is -0.0215. The minimum Gasteiger partial charge on any atom is -0.457 e. The topological polar surface area (TPSA) is 112 Å². The molecular formula is C22H17N3O4. The Bertz CT molecular complexity index is 1100. The molecule has 0 radical (unpaired) electrons. The van der Waals surface area contributed by atoms with E-state index in [9.17, 15) is 14.9 Å². The molecular weight excluding hydrogens is 370 g/mol. The van der Waals surface area contributed by atoms with Crippen LogP contribution in [0.2, 0.25) is 0 Å². The number of nitrogens with one attached hydrogen (secondary N) is 2. The third kappa shape index (κ3) is 2.69. The Morgan fingerprint density at radius 1 is 1.24 bits per heavy atom. The molecule has 0 saturated carbocycles. The summed E-state index contributed by atoms with van der Waals surface area (Å²) in [6, 6.07) is 17.9. The van der Waals surface area contributed by atoms with Crippen molar-refractivity contribution in [3.05, 3.63) is 77.1 Å². The van der Waals surface area contributed by atoms with Crippen molar-refractivity contribution in [2.45, 2.75) is 18.9 Å². The molecule has 1 amide bonds. The average Bonchev–Trinajstić information content (AvgIpc) is 2.99. The van der Waals surface area contributed by atoms with Crippen molar-refractivity contribution in [3.63, 3.8) is 0 Å². The number of fused-ring (bicyclic) bond motifs is 2. The highest BCUT2D eigenvalue weighted by Crippen LogP contribution is 2.51. The highest BCUT2D eigenvalue weighted by molar-refractivity contribution is 6.17. The van der Waals surface area contributed by atoms with E-state index in [0.29, 0.717) is 11.3 Å². The largest absolute Gasteiger partial charge is 0.457 e. The van der Waals surface area contributed by atoms with Crippen LogP contribution in [-0.2, 0) is 31.1 Å². The summed E-state index contributed by atoms with van der Waals surface area (Å²) < 4.78 is 10.9. The van der Waals surface area contributed by atoms with E-state index in [1.54, 1.807) is 24.3 Å². The van der Waals surface area contributed by atoms with Crippen molar-refractivity contribution >= 4 is 23.5 Å². The number of esters is 1. The van der Waals surface area contributed by atoms with E-state index in [-0.39, 0.29) is 23.8 Å². The average molecular weight is 387 g/mol. The Morgan fingerprint density at radius 2 is 1.93 bits per heavy atom. The third-order valence-electron chi connectivity index (χ3n) is 5.21. The molecule has 0 bridgehead atoms. The second-order valence-corrected chi connectivity index (χ2v) is 6.83. The maximum atomic E-state index is 13.2. The number of anilines is 1. The van der Waals surface area contributed by atoms with Gasteiger partial charge in [-0.3, -0.25) is 10.2 Å². The van der Waals surface area contributed by atoms with Crippen molar-refractivity contribution < 1.29 is 19.1 Å². The highest BCUT2D eigenvalue weighted by atomic mass is 16.5. The van der Waals surface area contributed by atoms with Gasteiger partial charge in [0, 0.05) is 5.69 Å². The normalized spacial score (nSPS) is 22.6. The number of para-hydroxylation sites is 1. The molecule has 2 N–H and O–H groups in total. The smallest absolute Gasteiger partial charge is 0.339 e. The second kappa shape index (κ2) is 6.91. The molecule has 2 atom stereocenters. The fraction of sp³-hybridized carbons (Fsp3) is 0.182. The molecule has 144 valence electrons. The van der Waals surface area contributed by atoms with Gasteiger partial charge in [-0.1, -0.05) is 48.5 Å². The van der Waals surface area contributed by atoms with Crippen LogP contribution in [0.3, 0.4) is 0 Å². The summed E-state index contributed by atoms with van der Waals surface area (Å²) in [5.74, 6) is -2.91. The lowest BCUT2D eigenvalue weighted by Crippen LogP contribution is -2.52. The number of ether oxygens (including phenoxy) is 2. The number of benzene rings is 2. The monoisotopic (exact) mass is 387 g/mol. The van der Waals surface area contributed by atoms with Gasteiger partial charge in [-0.05, 0) is 24.1 Å². The van der Waals surface area contributed by atoms with E-state index in [1.165, 1.54) is 6.92 Å². The Morgan fingerprint density at radius 3 is 2.66 bits per heavy atom. The molecule has 2 unspecified atom stereocenters. The van der Waals surface area contributed by atoms with Crippen molar-refractivity contribution in [3.8, 4) is 6.07 Å². The molecule has 1 spiro atoms. The van der Waals surface area contributed by atoms with Gasteiger partial charge in [0.1, 0.15) is 23.7 Å². The zero-order chi connectivity index (χ0) is 20.6. The van der Waals surface area contributed by atoms with Crippen LogP contribution >= 0.6 is 0 Å². The van der Waals surface area contributed by atoms with Crippen molar-refractivity contribution in [2.75, 3.05) is 5.32 Å². The van der Waals surface area contributed by atoms with E-state index >= 15 is 0 Å². The van der Waals surface area contributed by atoms with Crippen molar-refractivity contribution in [1.82, 2.24) is 0 Å². The lowest BCUT2D eigenvalue weighted by molar-refractivity contribution is -0.143. The van der Waals surface area contributed by atoms with Gasteiger partial charge < -0.3 is 14.8 Å². The molecule has 2 aromatic carbocycles. The molecule has 2 aliphatic heterocycles. The van der Waals surface area contributed by atoms with Crippen LogP contribution in [-0.4, -0.2) is 17.8 Å². The Labute approximate surface area is 167 Å². The number of carbonyl (C=O) groups is 2. The number of nitrogens with zero attached hydrogens (tertiary/aromatic N) is 1. The van der Waals surface area contributed by atoms with Gasteiger partial charge in [0.2, 0.25) is 11.8 Å². The standard InChI is InChI=1S/C22H17N3O4/c1-13-18(20(26)28-12-14-7-3-2-4-8-14)22(16(11-23)19(24)29-13)15-9-5-6-10-17(15)25-21(22)27/h2-10,16,24H,12H2,1H3,(H,25,27). The zero-order valence-corrected chi connectivity index (χ0v) is 15.6. The predicted octanol–water partition coefficient (Wildman–Crippen LogP) is 3.04. The molecule has 2 heterocycles. The van der Waals surface area contributed by atoms with Crippen molar-refractivity contribution in [1.29, 1.82) is 10.7 Å². The first-order valence-electron chi connectivity index (χ1n) is 8.99. The summed E-state index contributed by atoms with van der Waals surface area (Å²) in [4.78, 5) is 26.3. The summed E-state index contributed by atoms with van der Waals surface area (Å²) >= 11 is 0. The number of hydrogen-bond donors (Lipinski definition) is 2. The third-order valence-corrected chi connectivity index (χ3v) is 5.21.